The quantitative estimate of drug-likeness (QED) is 0.0914. The maximum atomic E-state index is 13.6. The van der Waals surface area contributed by atoms with E-state index >= 15 is 0 Å². The smallest absolute Gasteiger partial charge is 0.276 e. The number of hydrogen-bond acceptors (Lipinski definition) is 10. The molecule has 3 heterocycles. The highest BCUT2D eigenvalue weighted by Gasteiger charge is 2.21. The number of aliphatic hydroxyl groups excluding tert-OH is 1. The highest BCUT2D eigenvalue weighted by molar-refractivity contribution is 5.97. The minimum atomic E-state index is -0.458. The van der Waals surface area contributed by atoms with Gasteiger partial charge in [0.2, 0.25) is 0 Å². The lowest BCUT2D eigenvalue weighted by atomic mass is 10.0. The molecule has 5 aromatic rings. The first-order valence-corrected chi connectivity index (χ1v) is 16.4. The van der Waals surface area contributed by atoms with Crippen molar-refractivity contribution in [3.8, 4) is 11.3 Å². The van der Waals surface area contributed by atoms with Crippen LogP contribution < -0.4 is 27.7 Å². The van der Waals surface area contributed by atoms with Gasteiger partial charge in [0.15, 0.2) is 0 Å². The van der Waals surface area contributed by atoms with Gasteiger partial charge in [-0.15, -0.1) is 0 Å². The van der Waals surface area contributed by atoms with Crippen molar-refractivity contribution in [2.75, 3.05) is 19.4 Å². The van der Waals surface area contributed by atoms with E-state index in [1.54, 1.807) is 7.05 Å². The van der Waals surface area contributed by atoms with Crippen LogP contribution in [0.2, 0.25) is 0 Å². The lowest BCUT2D eigenvalue weighted by molar-refractivity contribution is -0.109. The van der Waals surface area contributed by atoms with Gasteiger partial charge in [0.1, 0.15) is 18.4 Å². The van der Waals surface area contributed by atoms with Crippen molar-refractivity contribution in [3.63, 3.8) is 0 Å². The average Bonchev–Trinajstić information content (AvgIpc) is 3.49. The Hall–Kier alpha value is -4.75. The van der Waals surface area contributed by atoms with E-state index in [4.69, 9.17) is 10.7 Å². The normalized spacial score (nSPS) is 12.1. The fraction of sp³-hybridized carbons (Fsp3) is 0.378. The first-order chi connectivity index (χ1) is 23.6. The van der Waals surface area contributed by atoms with Crippen molar-refractivity contribution in [2.45, 2.75) is 65.4 Å². The number of aliphatic hydroxyl groups is 1. The molecule has 0 fully saturated rings. The number of carbonyl (C=O) groups excluding carboxylic acids is 2. The number of rotatable bonds is 13. The number of benzene rings is 2. The third kappa shape index (κ3) is 9.89. The summed E-state index contributed by atoms with van der Waals surface area (Å²) >= 11 is 0. The monoisotopic (exact) mass is 670 g/mol. The first-order valence-electron chi connectivity index (χ1n) is 16.4. The summed E-state index contributed by atoms with van der Waals surface area (Å²) in [7, 11) is 5.12. The second-order valence-electron chi connectivity index (χ2n) is 12.1. The van der Waals surface area contributed by atoms with Crippen LogP contribution in [0.15, 0.2) is 65.6 Å². The number of aryl methyl sites for hydroxylation is 1. The number of aromatic nitrogens is 4. The van der Waals surface area contributed by atoms with Crippen LogP contribution in [-0.2, 0) is 36.2 Å². The van der Waals surface area contributed by atoms with Crippen LogP contribution >= 0.6 is 0 Å². The van der Waals surface area contributed by atoms with Gasteiger partial charge in [-0.2, -0.15) is 5.10 Å². The van der Waals surface area contributed by atoms with E-state index in [1.165, 1.54) is 11.7 Å². The zero-order valence-corrected chi connectivity index (χ0v) is 29.3. The summed E-state index contributed by atoms with van der Waals surface area (Å²) in [6, 6.07) is 17.5. The Balaban J connectivity index is 0.000000573. The lowest BCUT2D eigenvalue weighted by Crippen LogP contribution is -2.30. The molecule has 0 amide bonds. The van der Waals surface area contributed by atoms with Crippen LogP contribution in [0.25, 0.3) is 32.9 Å². The molecule has 2 atom stereocenters. The van der Waals surface area contributed by atoms with Crippen molar-refractivity contribution in [2.24, 2.45) is 24.4 Å². The molecular formula is C37H50N8O4. The number of nitrogens with zero attached hydrogens (tertiary/aromatic N) is 4. The van der Waals surface area contributed by atoms with Crippen LogP contribution in [-0.4, -0.2) is 63.3 Å². The molecule has 12 heteroatoms. The maximum absolute atomic E-state index is 13.6. The van der Waals surface area contributed by atoms with Gasteiger partial charge in [-0.1, -0.05) is 50.2 Å². The van der Waals surface area contributed by atoms with Crippen molar-refractivity contribution in [3.05, 3.63) is 88.0 Å². The highest BCUT2D eigenvalue weighted by Crippen LogP contribution is 2.33. The summed E-state index contributed by atoms with van der Waals surface area (Å²) in [5, 5.41) is 23.7. The molecule has 0 saturated heterocycles. The third-order valence-corrected chi connectivity index (χ3v) is 7.88. The van der Waals surface area contributed by atoms with E-state index in [0.717, 1.165) is 62.9 Å². The van der Waals surface area contributed by atoms with Gasteiger partial charge in [-0.3, -0.25) is 4.79 Å². The number of nitrogens with two attached hydrogens (primary N) is 2. The second kappa shape index (κ2) is 18.7. The van der Waals surface area contributed by atoms with Crippen molar-refractivity contribution < 1.29 is 14.7 Å². The predicted octanol–water partition coefficient (Wildman–Crippen LogP) is 3.73. The number of hydrogen-bond donors (Lipinski definition) is 5. The second-order valence-corrected chi connectivity index (χ2v) is 12.1. The summed E-state index contributed by atoms with van der Waals surface area (Å²) in [5.41, 5.74) is 14.9. The lowest BCUT2D eigenvalue weighted by Gasteiger charge is -2.17. The minimum Gasteiger partial charge on any atom is -0.392 e. The highest BCUT2D eigenvalue weighted by atomic mass is 16.3. The Labute approximate surface area is 287 Å². The van der Waals surface area contributed by atoms with E-state index in [1.807, 2.05) is 56.4 Å². The number of aldehydes is 2. The molecule has 49 heavy (non-hydrogen) atoms. The van der Waals surface area contributed by atoms with Gasteiger partial charge < -0.3 is 41.4 Å². The molecule has 0 radical (unpaired) electrons. The van der Waals surface area contributed by atoms with Gasteiger partial charge in [-0.25, -0.2) is 9.67 Å². The van der Waals surface area contributed by atoms with E-state index in [-0.39, 0.29) is 18.3 Å². The summed E-state index contributed by atoms with van der Waals surface area (Å²) < 4.78 is 3.61. The molecule has 0 aliphatic heterocycles. The van der Waals surface area contributed by atoms with Crippen molar-refractivity contribution >= 4 is 40.1 Å². The van der Waals surface area contributed by atoms with E-state index < -0.39 is 6.04 Å². The van der Waals surface area contributed by atoms with E-state index in [0.29, 0.717) is 37.0 Å². The fourth-order valence-electron chi connectivity index (χ4n) is 5.48. The number of para-hydroxylation sites is 1. The van der Waals surface area contributed by atoms with Gasteiger partial charge in [-0.05, 0) is 74.7 Å². The van der Waals surface area contributed by atoms with Crippen LogP contribution in [0.4, 0.5) is 5.82 Å². The van der Waals surface area contributed by atoms with Crippen LogP contribution in [0.5, 0.6) is 0 Å². The summed E-state index contributed by atoms with van der Waals surface area (Å²) in [6.07, 6.45) is 5.12. The zero-order valence-electron chi connectivity index (χ0n) is 29.3. The summed E-state index contributed by atoms with van der Waals surface area (Å²) in [6.45, 7) is 6.82. The summed E-state index contributed by atoms with van der Waals surface area (Å²) in [5.74, 6) is 1.17. The molecule has 5 rings (SSSR count). The van der Waals surface area contributed by atoms with E-state index in [9.17, 15) is 19.5 Å². The molecule has 0 spiro atoms. The number of carbonyl (C=O) groups is 2. The Bertz CT molecular complexity index is 1900. The molecule has 2 aromatic carbocycles. The molecule has 0 bridgehead atoms. The SMILES string of the molecule is CN.CNC(C)Nc1cc(Cn2cc3c(CC(C)C)nn(C)c(=O)c3c2-c2cccc(CO)c2)c2ccccc2n1.NC(C=O)CCC=O. The molecule has 2 unspecified atom stereocenters. The van der Waals surface area contributed by atoms with Gasteiger partial charge in [0, 0.05) is 37.0 Å². The topological polar surface area (TPSA) is 183 Å². The Morgan fingerprint density at radius 1 is 1.02 bits per heavy atom. The van der Waals surface area contributed by atoms with Gasteiger partial charge in [0.25, 0.3) is 5.56 Å². The number of anilines is 1. The standard InChI is InChI=1S/C31H36N6O2.C5H9NO2.CH5N/c1-19(2)13-27-25-17-37(16-23-15-28(33-20(3)32-4)34-26-12-7-6-11-24(23)26)30(29(25)31(39)36(5)35-27)22-10-8-9-21(14-22)18-38;6-5(4-8)2-1-3-7;1-2/h6-12,14-15,17,19-20,32,38H,13,16,18H2,1-5H3,(H,33,34);3-5H,1-2,6H2;2H2,1H3. The molecule has 0 aliphatic rings. The van der Waals surface area contributed by atoms with Crippen LogP contribution in [0.1, 0.15) is 50.4 Å². The number of fused-ring (bicyclic) bond motifs is 2. The molecule has 0 saturated carbocycles. The average molecular weight is 671 g/mol. The minimum absolute atomic E-state index is 0.0464. The number of pyridine rings is 1. The fourth-order valence-corrected chi connectivity index (χ4v) is 5.48. The van der Waals surface area contributed by atoms with Gasteiger partial charge in [0.05, 0.1) is 41.1 Å². The number of nitrogens with one attached hydrogen (secondary N) is 2. The summed E-state index contributed by atoms with van der Waals surface area (Å²) in [4.78, 5) is 37.9. The maximum Gasteiger partial charge on any atom is 0.276 e. The Kier molecular flexibility index (Phi) is 14.8. The van der Waals surface area contributed by atoms with Crippen molar-refractivity contribution in [1.82, 2.24) is 24.6 Å². The molecule has 262 valence electrons. The predicted molar refractivity (Wildman–Crippen MR) is 197 cm³/mol. The first kappa shape index (κ1) is 38.7. The molecule has 0 aliphatic carbocycles. The largest absolute Gasteiger partial charge is 0.392 e. The molecule has 12 nitrogen and oxygen atoms in total. The van der Waals surface area contributed by atoms with E-state index in [2.05, 4.69) is 58.2 Å². The third-order valence-electron chi connectivity index (χ3n) is 7.88. The molecule has 7 N–H and O–H groups in total. The Morgan fingerprint density at radius 2 is 1.76 bits per heavy atom. The Morgan fingerprint density at radius 3 is 2.41 bits per heavy atom. The molecular weight excluding hydrogens is 620 g/mol. The van der Waals surface area contributed by atoms with Crippen LogP contribution in [0.3, 0.4) is 0 Å². The zero-order chi connectivity index (χ0) is 36.1. The molecule has 3 aromatic heterocycles. The van der Waals surface area contributed by atoms with Crippen molar-refractivity contribution in [1.29, 1.82) is 0 Å². The van der Waals surface area contributed by atoms with Gasteiger partial charge >= 0.3 is 0 Å². The van der Waals surface area contributed by atoms with Crippen LogP contribution in [0, 0.1) is 5.92 Å².